The second-order valence-corrected chi connectivity index (χ2v) is 7.59. The van der Waals surface area contributed by atoms with Crippen LogP contribution in [0.15, 0.2) is 30.3 Å². The van der Waals surface area contributed by atoms with Crippen molar-refractivity contribution in [1.29, 1.82) is 0 Å². The van der Waals surface area contributed by atoms with Crippen molar-refractivity contribution in [3.8, 4) is 0 Å². The van der Waals surface area contributed by atoms with E-state index in [4.69, 9.17) is 10.5 Å². The Balaban J connectivity index is 0.00000208. The average Bonchev–Trinajstić information content (AvgIpc) is 2.50. The molecule has 0 spiro atoms. The molecule has 1 aromatic carbocycles. The number of hydrogen-bond acceptors (Lipinski definition) is 3. The SMILES string of the molecule is CCOC1CC(N)(C(=O)NC2CC(c3ccccc3)C2)C1(C)C.Cl. The number of nitrogens with one attached hydrogen (secondary N) is 1. The summed E-state index contributed by atoms with van der Waals surface area (Å²) in [4.78, 5) is 12.7. The lowest BCUT2D eigenvalue weighted by molar-refractivity contribution is -0.171. The van der Waals surface area contributed by atoms with E-state index < -0.39 is 5.54 Å². The van der Waals surface area contributed by atoms with Crippen molar-refractivity contribution >= 4 is 18.3 Å². The smallest absolute Gasteiger partial charge is 0.241 e. The van der Waals surface area contributed by atoms with E-state index in [9.17, 15) is 4.79 Å². The number of amides is 1. The minimum Gasteiger partial charge on any atom is -0.378 e. The molecule has 4 nitrogen and oxygen atoms in total. The summed E-state index contributed by atoms with van der Waals surface area (Å²) in [6, 6.07) is 10.7. The maximum Gasteiger partial charge on any atom is 0.241 e. The third kappa shape index (κ3) is 3.07. The van der Waals surface area contributed by atoms with Gasteiger partial charge in [0.1, 0.15) is 5.54 Å². The van der Waals surface area contributed by atoms with Gasteiger partial charge in [0.2, 0.25) is 5.91 Å². The molecule has 2 aliphatic carbocycles. The van der Waals surface area contributed by atoms with Crippen molar-refractivity contribution in [3.63, 3.8) is 0 Å². The third-order valence-electron chi connectivity index (χ3n) is 5.98. The molecule has 134 valence electrons. The molecular formula is C19H29ClN2O2. The van der Waals surface area contributed by atoms with Gasteiger partial charge >= 0.3 is 0 Å². The molecule has 0 bridgehead atoms. The van der Waals surface area contributed by atoms with E-state index in [1.165, 1.54) is 5.56 Å². The van der Waals surface area contributed by atoms with Crippen LogP contribution in [-0.2, 0) is 9.53 Å². The molecule has 3 rings (SSSR count). The van der Waals surface area contributed by atoms with Gasteiger partial charge in [-0.05, 0) is 31.2 Å². The molecule has 2 fully saturated rings. The van der Waals surface area contributed by atoms with E-state index in [2.05, 4.69) is 29.6 Å². The minimum atomic E-state index is -0.815. The van der Waals surface area contributed by atoms with E-state index in [-0.39, 0.29) is 35.9 Å². The van der Waals surface area contributed by atoms with Gasteiger partial charge in [0.15, 0.2) is 0 Å². The highest BCUT2D eigenvalue weighted by molar-refractivity contribution is 5.89. The Hall–Kier alpha value is -1.10. The first-order chi connectivity index (χ1) is 10.9. The van der Waals surface area contributed by atoms with Crippen molar-refractivity contribution < 1.29 is 9.53 Å². The van der Waals surface area contributed by atoms with E-state index in [0.717, 1.165) is 12.8 Å². The maximum atomic E-state index is 12.7. The Labute approximate surface area is 150 Å². The van der Waals surface area contributed by atoms with Crippen LogP contribution in [0, 0.1) is 5.41 Å². The predicted octanol–water partition coefficient (Wildman–Crippen LogP) is 3.00. The number of halogens is 1. The fourth-order valence-corrected chi connectivity index (χ4v) is 3.87. The number of benzene rings is 1. The zero-order chi connectivity index (χ0) is 16.7. The number of ether oxygens (including phenoxy) is 1. The van der Waals surface area contributed by atoms with Crippen molar-refractivity contribution in [2.75, 3.05) is 6.61 Å². The van der Waals surface area contributed by atoms with Crippen molar-refractivity contribution in [1.82, 2.24) is 5.32 Å². The standard InChI is InChI=1S/C19H28N2O2.ClH/c1-4-23-16-12-19(20,18(16,2)3)17(22)21-15-10-14(11-15)13-8-6-5-7-9-13;/h5-9,14-16H,4,10-12,20H2,1-3H3,(H,21,22);1H. The van der Waals surface area contributed by atoms with E-state index in [1.54, 1.807) is 0 Å². The van der Waals surface area contributed by atoms with Crippen LogP contribution in [0.2, 0.25) is 0 Å². The van der Waals surface area contributed by atoms with Gasteiger partial charge in [0.05, 0.1) is 6.10 Å². The first kappa shape index (κ1) is 19.2. The van der Waals surface area contributed by atoms with E-state index in [0.29, 0.717) is 18.9 Å². The predicted molar refractivity (Wildman–Crippen MR) is 98.3 cm³/mol. The number of rotatable bonds is 5. The molecule has 0 radical (unpaired) electrons. The lowest BCUT2D eigenvalue weighted by atomic mass is 9.54. The van der Waals surface area contributed by atoms with Crippen LogP contribution >= 0.6 is 12.4 Å². The molecule has 0 aliphatic heterocycles. The Morgan fingerprint density at radius 1 is 1.29 bits per heavy atom. The Kier molecular flexibility index (Phi) is 5.63. The summed E-state index contributed by atoms with van der Waals surface area (Å²) >= 11 is 0. The monoisotopic (exact) mass is 352 g/mol. The summed E-state index contributed by atoms with van der Waals surface area (Å²) in [6.07, 6.45) is 2.68. The average molecular weight is 353 g/mol. The minimum absolute atomic E-state index is 0. The quantitative estimate of drug-likeness (QED) is 0.856. The maximum absolute atomic E-state index is 12.7. The zero-order valence-electron chi connectivity index (χ0n) is 14.7. The highest BCUT2D eigenvalue weighted by Crippen LogP contribution is 2.50. The Morgan fingerprint density at radius 2 is 1.92 bits per heavy atom. The lowest BCUT2D eigenvalue weighted by Crippen LogP contribution is -2.76. The van der Waals surface area contributed by atoms with Crippen molar-refractivity contribution in [3.05, 3.63) is 35.9 Å². The second-order valence-electron chi connectivity index (χ2n) is 7.59. The molecule has 0 heterocycles. The van der Waals surface area contributed by atoms with Gasteiger partial charge in [-0.15, -0.1) is 12.4 Å². The van der Waals surface area contributed by atoms with Crippen LogP contribution in [0.3, 0.4) is 0 Å². The van der Waals surface area contributed by atoms with Crippen LogP contribution < -0.4 is 11.1 Å². The molecule has 1 amide bonds. The van der Waals surface area contributed by atoms with Gasteiger partial charge in [0.25, 0.3) is 0 Å². The molecular weight excluding hydrogens is 324 g/mol. The summed E-state index contributed by atoms with van der Waals surface area (Å²) in [5.74, 6) is 0.538. The Morgan fingerprint density at radius 3 is 2.46 bits per heavy atom. The van der Waals surface area contributed by atoms with Gasteiger partial charge in [-0.25, -0.2) is 0 Å². The highest BCUT2D eigenvalue weighted by atomic mass is 35.5. The molecule has 3 N–H and O–H groups in total. The summed E-state index contributed by atoms with van der Waals surface area (Å²) in [5, 5.41) is 3.16. The fourth-order valence-electron chi connectivity index (χ4n) is 3.87. The number of nitrogens with two attached hydrogens (primary N) is 1. The summed E-state index contributed by atoms with van der Waals surface area (Å²) in [5.41, 5.74) is 6.65. The van der Waals surface area contributed by atoms with Crippen LogP contribution in [0.4, 0.5) is 0 Å². The fraction of sp³-hybridized carbons (Fsp3) is 0.632. The molecule has 0 saturated heterocycles. The van der Waals surface area contributed by atoms with Gasteiger partial charge < -0.3 is 15.8 Å². The highest BCUT2D eigenvalue weighted by Gasteiger charge is 2.63. The van der Waals surface area contributed by atoms with Crippen molar-refractivity contribution in [2.45, 2.75) is 63.6 Å². The molecule has 2 aliphatic rings. The topological polar surface area (TPSA) is 64.3 Å². The molecule has 2 atom stereocenters. The largest absolute Gasteiger partial charge is 0.378 e. The van der Waals surface area contributed by atoms with Gasteiger partial charge in [-0.1, -0.05) is 44.2 Å². The summed E-state index contributed by atoms with van der Waals surface area (Å²) in [6.45, 7) is 6.70. The van der Waals surface area contributed by atoms with Crippen LogP contribution in [-0.4, -0.2) is 30.2 Å². The molecule has 5 heteroatoms. The number of carbonyl (C=O) groups is 1. The third-order valence-corrected chi connectivity index (χ3v) is 5.98. The molecule has 24 heavy (non-hydrogen) atoms. The molecule has 0 aromatic heterocycles. The van der Waals surface area contributed by atoms with Crippen LogP contribution in [0.5, 0.6) is 0 Å². The normalized spacial score (nSPS) is 33.6. The van der Waals surface area contributed by atoms with E-state index >= 15 is 0 Å². The first-order valence-electron chi connectivity index (χ1n) is 8.65. The van der Waals surface area contributed by atoms with Gasteiger partial charge in [-0.3, -0.25) is 4.79 Å². The molecule has 2 saturated carbocycles. The second kappa shape index (κ2) is 7.03. The van der Waals surface area contributed by atoms with Gasteiger partial charge in [-0.2, -0.15) is 0 Å². The number of hydrogen-bond donors (Lipinski definition) is 2. The molecule has 1 aromatic rings. The Bertz CT molecular complexity index is 572. The summed E-state index contributed by atoms with van der Waals surface area (Å²) < 4.78 is 5.70. The van der Waals surface area contributed by atoms with Crippen molar-refractivity contribution in [2.24, 2.45) is 11.1 Å². The zero-order valence-corrected chi connectivity index (χ0v) is 15.6. The first-order valence-corrected chi connectivity index (χ1v) is 8.65. The molecule has 2 unspecified atom stereocenters. The lowest BCUT2D eigenvalue weighted by Gasteiger charge is -2.58. The van der Waals surface area contributed by atoms with Gasteiger partial charge in [0, 0.05) is 24.5 Å². The van der Waals surface area contributed by atoms with Crippen LogP contribution in [0.1, 0.15) is 51.5 Å². The number of carbonyl (C=O) groups excluding carboxylic acids is 1. The van der Waals surface area contributed by atoms with E-state index in [1.807, 2.05) is 26.8 Å². The van der Waals surface area contributed by atoms with Crippen LogP contribution in [0.25, 0.3) is 0 Å². The summed E-state index contributed by atoms with van der Waals surface area (Å²) in [7, 11) is 0.